The van der Waals surface area contributed by atoms with Gasteiger partial charge in [0.25, 0.3) is 0 Å². The first-order chi connectivity index (χ1) is 11.7. The van der Waals surface area contributed by atoms with E-state index in [1.807, 2.05) is 30.3 Å². The van der Waals surface area contributed by atoms with E-state index in [0.29, 0.717) is 17.3 Å². The number of hydrogen-bond acceptors (Lipinski definition) is 3. The van der Waals surface area contributed by atoms with Gasteiger partial charge in [-0.1, -0.05) is 41.9 Å². The van der Waals surface area contributed by atoms with Crippen molar-refractivity contribution in [3.63, 3.8) is 0 Å². The Morgan fingerprint density at radius 2 is 1.88 bits per heavy atom. The zero-order chi connectivity index (χ0) is 16.8. The third-order valence-electron chi connectivity index (χ3n) is 4.23. The standard InChI is InChI=1S/C19H21ClN2O2/c20-15-6-11-19(21-13-15)24-17-9-7-16(8-10-17)22-18(23)12-14-4-2-1-3-5-14/h1-6,11,13,16-17H,7-10,12H2,(H,22,23). The summed E-state index contributed by atoms with van der Waals surface area (Å²) in [4.78, 5) is 16.3. The number of pyridine rings is 1. The maximum Gasteiger partial charge on any atom is 0.224 e. The molecule has 1 aromatic carbocycles. The van der Waals surface area contributed by atoms with Crippen LogP contribution in [0.25, 0.3) is 0 Å². The number of rotatable bonds is 5. The third kappa shape index (κ3) is 4.96. The normalized spacial score (nSPS) is 20.4. The van der Waals surface area contributed by atoms with Gasteiger partial charge in [-0.25, -0.2) is 4.98 Å². The molecule has 0 atom stereocenters. The van der Waals surface area contributed by atoms with Gasteiger partial charge in [-0.15, -0.1) is 0 Å². The molecule has 1 N–H and O–H groups in total. The van der Waals surface area contributed by atoms with Gasteiger partial charge in [0.2, 0.25) is 11.8 Å². The average Bonchev–Trinajstić information content (AvgIpc) is 2.59. The third-order valence-corrected chi connectivity index (χ3v) is 4.46. The molecule has 0 spiro atoms. The lowest BCUT2D eigenvalue weighted by molar-refractivity contribution is -0.121. The highest BCUT2D eigenvalue weighted by atomic mass is 35.5. The maximum absolute atomic E-state index is 12.1. The smallest absolute Gasteiger partial charge is 0.224 e. The van der Waals surface area contributed by atoms with E-state index in [-0.39, 0.29) is 18.1 Å². The molecule has 0 bridgehead atoms. The number of nitrogens with one attached hydrogen (secondary N) is 1. The van der Waals surface area contributed by atoms with Crippen LogP contribution in [0.4, 0.5) is 0 Å². The minimum absolute atomic E-state index is 0.0879. The molecule has 126 valence electrons. The fraction of sp³-hybridized carbons (Fsp3) is 0.368. The Kier molecular flexibility index (Phi) is 5.70. The quantitative estimate of drug-likeness (QED) is 0.898. The summed E-state index contributed by atoms with van der Waals surface area (Å²) < 4.78 is 5.88. The minimum atomic E-state index is 0.0879. The lowest BCUT2D eigenvalue weighted by Gasteiger charge is -2.29. The molecule has 1 aromatic heterocycles. The number of benzene rings is 1. The van der Waals surface area contributed by atoms with Crippen molar-refractivity contribution in [3.05, 3.63) is 59.2 Å². The average molecular weight is 345 g/mol. The van der Waals surface area contributed by atoms with E-state index in [0.717, 1.165) is 31.2 Å². The highest BCUT2D eigenvalue weighted by Crippen LogP contribution is 2.23. The van der Waals surface area contributed by atoms with Gasteiger partial charge in [-0.2, -0.15) is 0 Å². The predicted octanol–water partition coefficient (Wildman–Crippen LogP) is 3.78. The number of aromatic nitrogens is 1. The molecule has 1 heterocycles. The molecule has 3 rings (SSSR count). The van der Waals surface area contributed by atoms with Crippen molar-refractivity contribution in [2.75, 3.05) is 0 Å². The molecule has 0 radical (unpaired) electrons. The van der Waals surface area contributed by atoms with Crippen LogP contribution in [0.3, 0.4) is 0 Å². The van der Waals surface area contributed by atoms with Crippen LogP contribution in [-0.4, -0.2) is 23.0 Å². The van der Waals surface area contributed by atoms with E-state index in [4.69, 9.17) is 16.3 Å². The fourth-order valence-corrected chi connectivity index (χ4v) is 3.10. The van der Waals surface area contributed by atoms with Crippen molar-refractivity contribution in [1.82, 2.24) is 10.3 Å². The number of ether oxygens (including phenoxy) is 1. The molecule has 1 amide bonds. The summed E-state index contributed by atoms with van der Waals surface area (Å²) >= 11 is 5.82. The molecule has 0 unspecified atom stereocenters. The lowest BCUT2D eigenvalue weighted by atomic mass is 9.92. The van der Waals surface area contributed by atoms with E-state index in [1.54, 1.807) is 18.3 Å². The zero-order valence-electron chi connectivity index (χ0n) is 13.5. The van der Waals surface area contributed by atoms with Crippen molar-refractivity contribution in [2.24, 2.45) is 0 Å². The molecule has 0 saturated heterocycles. The van der Waals surface area contributed by atoms with Crippen LogP contribution in [0, 0.1) is 0 Å². The topological polar surface area (TPSA) is 51.2 Å². The van der Waals surface area contributed by atoms with Gasteiger partial charge in [0, 0.05) is 18.3 Å². The van der Waals surface area contributed by atoms with Crippen molar-refractivity contribution in [3.8, 4) is 5.88 Å². The predicted molar refractivity (Wildman–Crippen MR) is 94.2 cm³/mol. The van der Waals surface area contributed by atoms with Gasteiger partial charge >= 0.3 is 0 Å². The van der Waals surface area contributed by atoms with Crippen LogP contribution in [-0.2, 0) is 11.2 Å². The molecule has 1 aliphatic rings. The van der Waals surface area contributed by atoms with E-state index in [2.05, 4.69) is 10.3 Å². The second-order valence-corrected chi connectivity index (χ2v) is 6.57. The molecule has 0 aliphatic heterocycles. The van der Waals surface area contributed by atoms with E-state index in [1.165, 1.54) is 0 Å². The van der Waals surface area contributed by atoms with E-state index < -0.39 is 0 Å². The van der Waals surface area contributed by atoms with Gasteiger partial charge < -0.3 is 10.1 Å². The summed E-state index contributed by atoms with van der Waals surface area (Å²) in [5, 5.41) is 3.74. The SMILES string of the molecule is O=C(Cc1ccccc1)NC1CCC(Oc2ccc(Cl)cn2)CC1. The molecule has 4 nitrogen and oxygen atoms in total. The number of nitrogens with zero attached hydrogens (tertiary/aromatic N) is 1. The Bertz CT molecular complexity index is 653. The van der Waals surface area contributed by atoms with Crippen molar-refractivity contribution in [2.45, 2.75) is 44.2 Å². The summed E-state index contributed by atoms with van der Waals surface area (Å²) in [6.45, 7) is 0. The van der Waals surface area contributed by atoms with Gasteiger partial charge in [-0.05, 0) is 37.3 Å². The van der Waals surface area contributed by atoms with Crippen LogP contribution in [0.5, 0.6) is 5.88 Å². The number of carbonyl (C=O) groups is 1. The number of carbonyl (C=O) groups excluding carboxylic acids is 1. The monoisotopic (exact) mass is 344 g/mol. The minimum Gasteiger partial charge on any atom is -0.474 e. The zero-order valence-corrected chi connectivity index (χ0v) is 14.2. The Labute approximate surface area is 147 Å². The van der Waals surface area contributed by atoms with Crippen LogP contribution >= 0.6 is 11.6 Å². The summed E-state index contributed by atoms with van der Waals surface area (Å²) in [6, 6.07) is 13.6. The second kappa shape index (κ2) is 8.15. The maximum atomic E-state index is 12.1. The number of amides is 1. The van der Waals surface area contributed by atoms with Crippen molar-refractivity contribution >= 4 is 17.5 Å². The Hall–Kier alpha value is -2.07. The summed E-state index contributed by atoms with van der Waals surface area (Å²) in [7, 11) is 0. The van der Waals surface area contributed by atoms with Crippen LogP contribution in [0.1, 0.15) is 31.2 Å². The van der Waals surface area contributed by atoms with E-state index >= 15 is 0 Å². The Morgan fingerprint density at radius 3 is 2.54 bits per heavy atom. The van der Waals surface area contributed by atoms with Gasteiger partial charge in [0.1, 0.15) is 6.10 Å². The molecule has 2 aromatic rings. The lowest BCUT2D eigenvalue weighted by Crippen LogP contribution is -2.40. The largest absolute Gasteiger partial charge is 0.474 e. The Morgan fingerprint density at radius 1 is 1.12 bits per heavy atom. The second-order valence-electron chi connectivity index (χ2n) is 6.14. The molecular formula is C19H21ClN2O2. The van der Waals surface area contributed by atoms with Gasteiger partial charge in [0.05, 0.1) is 11.4 Å². The van der Waals surface area contributed by atoms with Crippen LogP contribution < -0.4 is 10.1 Å². The fourth-order valence-electron chi connectivity index (χ4n) is 2.99. The van der Waals surface area contributed by atoms with Gasteiger partial charge in [-0.3, -0.25) is 4.79 Å². The molecule has 1 fully saturated rings. The van der Waals surface area contributed by atoms with Crippen LogP contribution in [0.15, 0.2) is 48.7 Å². The first-order valence-corrected chi connectivity index (χ1v) is 8.68. The highest BCUT2D eigenvalue weighted by molar-refractivity contribution is 6.30. The van der Waals surface area contributed by atoms with Crippen molar-refractivity contribution in [1.29, 1.82) is 0 Å². The van der Waals surface area contributed by atoms with Crippen LogP contribution in [0.2, 0.25) is 5.02 Å². The number of hydrogen-bond donors (Lipinski definition) is 1. The highest BCUT2D eigenvalue weighted by Gasteiger charge is 2.23. The summed E-state index contributed by atoms with van der Waals surface area (Å²) in [5.74, 6) is 0.695. The molecule has 24 heavy (non-hydrogen) atoms. The Balaban J connectivity index is 1.41. The molecule has 1 saturated carbocycles. The van der Waals surface area contributed by atoms with E-state index in [9.17, 15) is 4.79 Å². The number of halogens is 1. The summed E-state index contributed by atoms with van der Waals surface area (Å²) in [6.07, 6.45) is 5.87. The molecule has 1 aliphatic carbocycles. The van der Waals surface area contributed by atoms with Gasteiger partial charge in [0.15, 0.2) is 0 Å². The molecular weight excluding hydrogens is 324 g/mol. The van der Waals surface area contributed by atoms with Crippen molar-refractivity contribution < 1.29 is 9.53 Å². The first-order valence-electron chi connectivity index (χ1n) is 8.30. The molecule has 5 heteroatoms. The summed E-state index contributed by atoms with van der Waals surface area (Å²) in [5.41, 5.74) is 1.04. The first kappa shape index (κ1) is 16.8.